The predicted octanol–water partition coefficient (Wildman–Crippen LogP) is 0.406. The Morgan fingerprint density at radius 3 is 2.23 bits per heavy atom. The summed E-state index contributed by atoms with van der Waals surface area (Å²) in [5, 5.41) is 0. The lowest BCUT2D eigenvalue weighted by Gasteiger charge is -2.05. The molecular weight excluding hydrogens is 192 g/mol. The molecule has 0 aromatic heterocycles. The zero-order valence-corrected chi connectivity index (χ0v) is 7.80. The molecule has 0 fully saturated rings. The molecule has 0 spiro atoms. The second-order valence-corrected chi connectivity index (χ2v) is 4.11. The molecule has 0 radical (unpaired) electrons. The summed E-state index contributed by atoms with van der Waals surface area (Å²) in [4.78, 5) is -0.306. The van der Waals surface area contributed by atoms with Crippen LogP contribution in [0.5, 0.6) is 0 Å². The van der Waals surface area contributed by atoms with Crippen LogP contribution in [0.2, 0.25) is 0 Å². The SMILES string of the molecule is Cc1cc(S(=O)(=O)O)c(N)cc1N. The van der Waals surface area contributed by atoms with Gasteiger partial charge in [-0.1, -0.05) is 0 Å². The van der Waals surface area contributed by atoms with Crippen molar-refractivity contribution in [2.75, 3.05) is 11.5 Å². The molecule has 0 aliphatic carbocycles. The summed E-state index contributed by atoms with van der Waals surface area (Å²) >= 11 is 0. The second kappa shape index (κ2) is 2.90. The van der Waals surface area contributed by atoms with E-state index in [2.05, 4.69) is 0 Å². The first-order valence-electron chi connectivity index (χ1n) is 3.45. The summed E-state index contributed by atoms with van der Waals surface area (Å²) in [6, 6.07) is 2.54. The molecule has 0 bridgehead atoms. The van der Waals surface area contributed by atoms with Crippen LogP contribution in [0.15, 0.2) is 17.0 Å². The van der Waals surface area contributed by atoms with Crippen molar-refractivity contribution in [3.63, 3.8) is 0 Å². The molecule has 0 aliphatic rings. The van der Waals surface area contributed by atoms with Gasteiger partial charge in [0.15, 0.2) is 0 Å². The summed E-state index contributed by atoms with van der Waals surface area (Å²) in [7, 11) is -4.25. The van der Waals surface area contributed by atoms with Gasteiger partial charge in [0.05, 0.1) is 5.69 Å². The Morgan fingerprint density at radius 1 is 1.23 bits per heavy atom. The van der Waals surface area contributed by atoms with E-state index in [0.717, 1.165) is 0 Å². The smallest absolute Gasteiger partial charge is 0.296 e. The van der Waals surface area contributed by atoms with Crippen molar-refractivity contribution >= 4 is 21.5 Å². The Balaban J connectivity index is 3.50. The van der Waals surface area contributed by atoms with Gasteiger partial charge in [-0.05, 0) is 24.6 Å². The fraction of sp³-hybridized carbons (Fsp3) is 0.143. The van der Waals surface area contributed by atoms with E-state index >= 15 is 0 Å². The average Bonchev–Trinajstić information content (AvgIpc) is 1.94. The molecule has 5 nitrogen and oxygen atoms in total. The highest BCUT2D eigenvalue weighted by Gasteiger charge is 2.14. The van der Waals surface area contributed by atoms with Crippen molar-refractivity contribution in [1.82, 2.24) is 0 Å². The van der Waals surface area contributed by atoms with Gasteiger partial charge in [0.1, 0.15) is 4.90 Å². The van der Waals surface area contributed by atoms with Crippen molar-refractivity contribution in [2.24, 2.45) is 0 Å². The Kier molecular flexibility index (Phi) is 2.19. The first-order valence-corrected chi connectivity index (χ1v) is 4.89. The maximum Gasteiger partial charge on any atom is 0.296 e. The van der Waals surface area contributed by atoms with Gasteiger partial charge in [-0.3, -0.25) is 4.55 Å². The van der Waals surface area contributed by atoms with Crippen LogP contribution in [0.3, 0.4) is 0 Å². The van der Waals surface area contributed by atoms with Gasteiger partial charge in [0, 0.05) is 5.69 Å². The van der Waals surface area contributed by atoms with Crippen molar-refractivity contribution in [3.05, 3.63) is 17.7 Å². The Hall–Kier alpha value is -1.27. The molecule has 1 rings (SSSR count). The van der Waals surface area contributed by atoms with Gasteiger partial charge in [0.25, 0.3) is 10.1 Å². The highest BCUT2D eigenvalue weighted by Crippen LogP contribution is 2.23. The zero-order valence-electron chi connectivity index (χ0n) is 6.98. The van der Waals surface area contributed by atoms with Gasteiger partial charge in [0.2, 0.25) is 0 Å². The third kappa shape index (κ3) is 1.90. The van der Waals surface area contributed by atoms with Crippen LogP contribution >= 0.6 is 0 Å². The number of benzene rings is 1. The van der Waals surface area contributed by atoms with E-state index in [9.17, 15) is 8.42 Å². The standard InChI is InChI=1S/C7H10N2O3S/c1-4-2-7(13(10,11)12)6(9)3-5(4)8/h2-3H,8-9H2,1H3,(H,10,11,12). The van der Waals surface area contributed by atoms with Crippen molar-refractivity contribution < 1.29 is 13.0 Å². The highest BCUT2D eigenvalue weighted by atomic mass is 32.2. The number of aryl methyl sites for hydroxylation is 1. The Morgan fingerprint density at radius 2 is 1.77 bits per heavy atom. The van der Waals surface area contributed by atoms with E-state index in [0.29, 0.717) is 11.3 Å². The molecule has 1 aromatic rings. The lowest BCUT2D eigenvalue weighted by atomic mass is 10.2. The number of nitrogen functional groups attached to an aromatic ring is 2. The maximum absolute atomic E-state index is 10.8. The van der Waals surface area contributed by atoms with Gasteiger partial charge in [-0.25, -0.2) is 0 Å². The van der Waals surface area contributed by atoms with Crippen LogP contribution in [-0.4, -0.2) is 13.0 Å². The largest absolute Gasteiger partial charge is 0.398 e. The molecule has 0 heterocycles. The molecule has 6 heteroatoms. The fourth-order valence-electron chi connectivity index (χ4n) is 0.939. The number of hydrogen-bond donors (Lipinski definition) is 3. The molecular formula is C7H10N2O3S. The van der Waals surface area contributed by atoms with Gasteiger partial charge < -0.3 is 11.5 Å². The van der Waals surface area contributed by atoms with Crippen molar-refractivity contribution in [2.45, 2.75) is 11.8 Å². The lowest BCUT2D eigenvalue weighted by molar-refractivity contribution is 0.483. The molecule has 0 saturated heterocycles. The molecule has 5 N–H and O–H groups in total. The molecule has 1 aromatic carbocycles. The molecule has 0 atom stereocenters. The van der Waals surface area contributed by atoms with Gasteiger partial charge >= 0.3 is 0 Å². The number of rotatable bonds is 1. The topological polar surface area (TPSA) is 106 Å². The van der Waals surface area contributed by atoms with Gasteiger partial charge in [-0.15, -0.1) is 0 Å². The minimum atomic E-state index is -4.25. The Bertz CT molecular complexity index is 439. The highest BCUT2D eigenvalue weighted by molar-refractivity contribution is 7.86. The fourth-order valence-corrected chi connectivity index (χ4v) is 1.62. The minimum absolute atomic E-state index is 0.0504. The van der Waals surface area contributed by atoms with Crippen molar-refractivity contribution in [1.29, 1.82) is 0 Å². The van der Waals surface area contributed by atoms with E-state index in [-0.39, 0.29) is 10.6 Å². The molecule has 72 valence electrons. The second-order valence-electron chi connectivity index (χ2n) is 2.72. The maximum atomic E-state index is 10.8. The van der Waals surface area contributed by atoms with Crippen molar-refractivity contribution in [3.8, 4) is 0 Å². The molecule has 0 saturated carbocycles. The Labute approximate surface area is 76.1 Å². The van der Waals surface area contributed by atoms with E-state index in [1.165, 1.54) is 12.1 Å². The molecule has 0 unspecified atom stereocenters. The van der Waals surface area contributed by atoms with E-state index < -0.39 is 10.1 Å². The van der Waals surface area contributed by atoms with E-state index in [4.69, 9.17) is 16.0 Å². The number of nitrogens with two attached hydrogens (primary N) is 2. The van der Waals surface area contributed by atoms with Crippen LogP contribution in [0.4, 0.5) is 11.4 Å². The van der Waals surface area contributed by atoms with Crippen LogP contribution in [0.1, 0.15) is 5.56 Å². The normalized spacial score (nSPS) is 11.5. The lowest BCUT2D eigenvalue weighted by Crippen LogP contribution is -2.05. The monoisotopic (exact) mass is 202 g/mol. The van der Waals surface area contributed by atoms with Crippen LogP contribution in [0, 0.1) is 6.92 Å². The summed E-state index contributed by atoms with van der Waals surface area (Å²) in [6.07, 6.45) is 0. The first kappa shape index (κ1) is 9.82. The van der Waals surface area contributed by atoms with E-state index in [1.54, 1.807) is 6.92 Å². The first-order chi connectivity index (χ1) is 5.82. The zero-order chi connectivity index (χ0) is 10.2. The summed E-state index contributed by atoms with van der Waals surface area (Å²) in [5.74, 6) is 0. The predicted molar refractivity (Wildman–Crippen MR) is 49.8 cm³/mol. The van der Waals surface area contributed by atoms with Gasteiger partial charge in [-0.2, -0.15) is 8.42 Å². The quantitative estimate of drug-likeness (QED) is 0.451. The number of hydrogen-bond acceptors (Lipinski definition) is 4. The summed E-state index contributed by atoms with van der Waals surface area (Å²) in [5.41, 5.74) is 11.7. The summed E-state index contributed by atoms with van der Waals surface area (Å²) < 4.78 is 30.2. The molecule has 13 heavy (non-hydrogen) atoms. The van der Waals surface area contributed by atoms with Crippen LogP contribution in [-0.2, 0) is 10.1 Å². The van der Waals surface area contributed by atoms with E-state index in [1.807, 2.05) is 0 Å². The summed E-state index contributed by atoms with van der Waals surface area (Å²) in [6.45, 7) is 1.63. The molecule has 0 aliphatic heterocycles. The third-order valence-corrected chi connectivity index (χ3v) is 2.59. The third-order valence-electron chi connectivity index (χ3n) is 1.68. The molecule has 0 amide bonds. The number of anilines is 2. The van der Waals surface area contributed by atoms with Crippen LogP contribution < -0.4 is 11.5 Å². The average molecular weight is 202 g/mol. The minimum Gasteiger partial charge on any atom is -0.398 e. The van der Waals surface area contributed by atoms with Crippen LogP contribution in [0.25, 0.3) is 0 Å².